The van der Waals surface area contributed by atoms with E-state index in [1.165, 1.54) is 5.56 Å². The second-order valence-electron chi connectivity index (χ2n) is 3.96. The molecule has 0 saturated heterocycles. The Labute approximate surface area is 122 Å². The predicted molar refractivity (Wildman–Crippen MR) is 76.9 cm³/mol. The number of aromatic nitrogens is 4. The summed E-state index contributed by atoms with van der Waals surface area (Å²) < 4.78 is 5.22. The van der Waals surface area contributed by atoms with E-state index < -0.39 is 0 Å². The van der Waals surface area contributed by atoms with Gasteiger partial charge in [-0.3, -0.25) is 4.98 Å². The van der Waals surface area contributed by atoms with E-state index in [2.05, 4.69) is 38.2 Å². The first-order valence-electron chi connectivity index (χ1n) is 6.44. The molecule has 0 aromatic carbocycles. The second kappa shape index (κ2) is 7.00. The lowest BCUT2D eigenvalue weighted by Crippen LogP contribution is -2.09. The van der Waals surface area contributed by atoms with Crippen molar-refractivity contribution in [3.63, 3.8) is 0 Å². The summed E-state index contributed by atoms with van der Waals surface area (Å²) in [7, 11) is 0. The van der Waals surface area contributed by atoms with E-state index in [0.29, 0.717) is 19.1 Å². The molecule has 0 aliphatic carbocycles. The lowest BCUT2D eigenvalue weighted by Gasteiger charge is -2.09. The van der Waals surface area contributed by atoms with E-state index in [1.54, 1.807) is 6.20 Å². The maximum Gasteiger partial charge on any atom is 0.322 e. The molecule has 0 fully saturated rings. The van der Waals surface area contributed by atoms with Crippen molar-refractivity contribution >= 4 is 17.5 Å². The van der Waals surface area contributed by atoms with Crippen molar-refractivity contribution in [1.29, 1.82) is 0 Å². The zero-order valence-corrected chi connectivity index (χ0v) is 12.2. The van der Waals surface area contributed by atoms with Crippen LogP contribution in [0.1, 0.15) is 25.1 Å². The minimum Gasteiger partial charge on any atom is -0.464 e. The molecule has 6 nitrogen and oxygen atoms in total. The highest BCUT2D eigenvalue weighted by Gasteiger charge is 2.07. The Morgan fingerprint density at radius 1 is 1.25 bits per heavy atom. The van der Waals surface area contributed by atoms with Gasteiger partial charge in [0.25, 0.3) is 0 Å². The third kappa shape index (κ3) is 3.77. The second-order valence-corrected chi connectivity index (χ2v) is 4.30. The van der Waals surface area contributed by atoms with Gasteiger partial charge in [-0.05, 0) is 36.6 Å². The van der Waals surface area contributed by atoms with Gasteiger partial charge in [0.2, 0.25) is 11.2 Å². The van der Waals surface area contributed by atoms with Crippen LogP contribution in [-0.4, -0.2) is 26.5 Å². The lowest BCUT2D eigenvalue weighted by atomic mass is 10.1. The number of rotatable bonds is 6. The van der Waals surface area contributed by atoms with Crippen molar-refractivity contribution in [2.24, 2.45) is 0 Å². The molecule has 0 atom stereocenters. The zero-order chi connectivity index (χ0) is 14.4. The molecule has 0 aliphatic heterocycles. The summed E-state index contributed by atoms with van der Waals surface area (Å²) in [6.07, 6.45) is 2.69. The summed E-state index contributed by atoms with van der Waals surface area (Å²) in [4.78, 5) is 16.4. The summed E-state index contributed by atoms with van der Waals surface area (Å²) in [5, 5.41) is 3.19. The van der Waals surface area contributed by atoms with Crippen LogP contribution in [0.4, 0.5) is 5.95 Å². The van der Waals surface area contributed by atoms with E-state index in [9.17, 15) is 0 Å². The Balaban J connectivity index is 2.10. The van der Waals surface area contributed by atoms with Gasteiger partial charge in [-0.15, -0.1) is 0 Å². The maximum absolute atomic E-state index is 5.83. The van der Waals surface area contributed by atoms with Crippen molar-refractivity contribution in [1.82, 2.24) is 19.9 Å². The zero-order valence-electron chi connectivity index (χ0n) is 11.4. The Kier molecular flexibility index (Phi) is 5.06. The molecule has 0 radical (unpaired) electrons. The topological polar surface area (TPSA) is 72.8 Å². The van der Waals surface area contributed by atoms with Gasteiger partial charge in [0.05, 0.1) is 18.8 Å². The lowest BCUT2D eigenvalue weighted by molar-refractivity contribution is 0.312. The number of nitrogens with one attached hydrogen (secondary N) is 1. The molecular weight excluding hydrogens is 278 g/mol. The standard InChI is InChI=1S/C13H16ClN5O/c1-3-9-6-5-7-15-10(9)8-16-12-17-11(14)18-13(19-12)20-4-2/h5-7H,3-4,8H2,1-2H3,(H,16,17,18,19). The molecule has 1 N–H and O–H groups in total. The molecule has 0 bridgehead atoms. The summed E-state index contributed by atoms with van der Waals surface area (Å²) in [6, 6.07) is 4.19. The van der Waals surface area contributed by atoms with Crippen LogP contribution in [-0.2, 0) is 13.0 Å². The number of nitrogens with zero attached hydrogens (tertiary/aromatic N) is 4. The van der Waals surface area contributed by atoms with Gasteiger partial charge in [-0.2, -0.15) is 15.0 Å². The minimum absolute atomic E-state index is 0.0997. The van der Waals surface area contributed by atoms with Gasteiger partial charge in [0, 0.05) is 6.20 Å². The third-order valence-electron chi connectivity index (χ3n) is 2.64. The largest absolute Gasteiger partial charge is 0.464 e. The molecule has 0 spiro atoms. The first kappa shape index (κ1) is 14.5. The van der Waals surface area contributed by atoms with E-state index in [-0.39, 0.29) is 11.3 Å². The highest BCUT2D eigenvalue weighted by atomic mass is 35.5. The van der Waals surface area contributed by atoms with Gasteiger partial charge in [0.1, 0.15) is 0 Å². The Bertz CT molecular complexity index is 578. The average molecular weight is 294 g/mol. The first-order valence-corrected chi connectivity index (χ1v) is 6.81. The molecule has 0 unspecified atom stereocenters. The Morgan fingerprint density at radius 3 is 2.85 bits per heavy atom. The maximum atomic E-state index is 5.83. The van der Waals surface area contributed by atoms with Crippen molar-refractivity contribution < 1.29 is 4.74 Å². The fraction of sp³-hybridized carbons (Fsp3) is 0.385. The molecule has 2 aromatic heterocycles. The molecule has 0 saturated carbocycles. The SMILES string of the molecule is CCOc1nc(Cl)nc(NCc2ncccc2CC)n1. The summed E-state index contributed by atoms with van der Waals surface area (Å²) in [5.74, 6) is 0.376. The molecule has 20 heavy (non-hydrogen) atoms. The third-order valence-corrected chi connectivity index (χ3v) is 2.81. The highest BCUT2D eigenvalue weighted by molar-refractivity contribution is 6.28. The van der Waals surface area contributed by atoms with Crippen molar-refractivity contribution in [3.8, 4) is 6.01 Å². The number of aryl methyl sites for hydroxylation is 1. The van der Waals surface area contributed by atoms with Crippen molar-refractivity contribution in [2.45, 2.75) is 26.8 Å². The summed E-state index contributed by atoms with van der Waals surface area (Å²) in [6.45, 7) is 4.94. The first-order chi connectivity index (χ1) is 9.72. The normalized spacial score (nSPS) is 10.3. The van der Waals surface area contributed by atoms with Crippen LogP contribution >= 0.6 is 11.6 Å². The molecule has 2 heterocycles. The van der Waals surface area contributed by atoms with Gasteiger partial charge in [0.15, 0.2) is 0 Å². The molecule has 2 rings (SSSR count). The van der Waals surface area contributed by atoms with Crippen LogP contribution in [0.5, 0.6) is 6.01 Å². The number of ether oxygens (including phenoxy) is 1. The summed E-state index contributed by atoms with van der Waals surface area (Å²) >= 11 is 5.83. The number of hydrogen-bond donors (Lipinski definition) is 1. The van der Waals surface area contributed by atoms with Gasteiger partial charge in [-0.25, -0.2) is 0 Å². The van der Waals surface area contributed by atoms with Crippen LogP contribution in [0.3, 0.4) is 0 Å². The molecule has 2 aromatic rings. The van der Waals surface area contributed by atoms with Gasteiger partial charge in [-0.1, -0.05) is 13.0 Å². The summed E-state index contributed by atoms with van der Waals surface area (Å²) in [5.41, 5.74) is 2.15. The minimum atomic E-state index is 0.0997. The smallest absolute Gasteiger partial charge is 0.322 e. The average Bonchev–Trinajstić information content (AvgIpc) is 2.45. The van der Waals surface area contributed by atoms with Crippen LogP contribution in [0.15, 0.2) is 18.3 Å². The van der Waals surface area contributed by atoms with E-state index in [4.69, 9.17) is 16.3 Å². The number of anilines is 1. The van der Waals surface area contributed by atoms with E-state index in [0.717, 1.165) is 12.1 Å². The molecule has 0 amide bonds. The van der Waals surface area contributed by atoms with Crippen LogP contribution in [0.25, 0.3) is 0 Å². The molecule has 7 heteroatoms. The number of hydrogen-bond acceptors (Lipinski definition) is 6. The van der Waals surface area contributed by atoms with E-state index in [1.807, 2.05) is 13.0 Å². The molecule has 0 aliphatic rings. The highest BCUT2D eigenvalue weighted by Crippen LogP contribution is 2.13. The Morgan fingerprint density at radius 2 is 2.10 bits per heavy atom. The van der Waals surface area contributed by atoms with Crippen LogP contribution in [0, 0.1) is 0 Å². The predicted octanol–water partition coefficient (Wildman–Crippen LogP) is 2.49. The fourth-order valence-electron chi connectivity index (χ4n) is 1.72. The van der Waals surface area contributed by atoms with Crippen molar-refractivity contribution in [3.05, 3.63) is 34.9 Å². The van der Waals surface area contributed by atoms with Gasteiger partial charge < -0.3 is 10.1 Å². The van der Waals surface area contributed by atoms with Gasteiger partial charge >= 0.3 is 6.01 Å². The molecular formula is C13H16ClN5O. The molecule has 106 valence electrons. The Hall–Kier alpha value is -1.95. The quantitative estimate of drug-likeness (QED) is 0.882. The number of halogens is 1. The van der Waals surface area contributed by atoms with Crippen LogP contribution in [0.2, 0.25) is 5.28 Å². The van der Waals surface area contributed by atoms with Crippen LogP contribution < -0.4 is 10.1 Å². The number of pyridine rings is 1. The monoisotopic (exact) mass is 293 g/mol. The fourth-order valence-corrected chi connectivity index (χ4v) is 1.87. The van der Waals surface area contributed by atoms with Crippen molar-refractivity contribution in [2.75, 3.05) is 11.9 Å². The van der Waals surface area contributed by atoms with E-state index >= 15 is 0 Å².